The van der Waals surface area contributed by atoms with Crippen molar-refractivity contribution in [2.45, 2.75) is 163 Å². The number of nitrogens with two attached hydrogens (primary N) is 2. The zero-order valence-electron chi connectivity index (χ0n) is 50.5. The Morgan fingerprint density at radius 3 is 1.55 bits per heavy atom. The van der Waals surface area contributed by atoms with Crippen molar-refractivity contribution < 1.29 is 70.9 Å². The van der Waals surface area contributed by atoms with Crippen molar-refractivity contribution in [1.82, 2.24) is 36.4 Å². The normalized spacial score (nSPS) is 17.2. The Kier molecular flexibility index (Phi) is 27.1. The van der Waals surface area contributed by atoms with Crippen LogP contribution >= 0.6 is 31.3 Å². The predicted molar refractivity (Wildman–Crippen MR) is 322 cm³/mol. The summed E-state index contributed by atoms with van der Waals surface area (Å²) in [6.07, 6.45) is 0.719. The van der Waals surface area contributed by atoms with Gasteiger partial charge in [-0.2, -0.15) is 0 Å². The molecule has 2 saturated heterocycles. The number of primary amides is 2. The highest BCUT2D eigenvalue weighted by Gasteiger charge is 2.41. The van der Waals surface area contributed by atoms with Gasteiger partial charge in [-0.3, -0.25) is 61.8 Å². The topological polar surface area (TPSA) is 351 Å². The second-order valence-electron chi connectivity index (χ2n) is 23.8. The van der Waals surface area contributed by atoms with Gasteiger partial charge >= 0.3 is 7.82 Å². The number of carbonyl (C=O) groups is 11. The molecule has 2 fully saturated rings. The molecule has 0 aliphatic carbocycles. The highest BCUT2D eigenvalue weighted by molar-refractivity contribution is 8.14. The van der Waals surface area contributed by atoms with E-state index < -0.39 is 126 Å². The van der Waals surface area contributed by atoms with E-state index in [4.69, 9.17) is 25.0 Å². The molecule has 0 saturated carbocycles. The van der Waals surface area contributed by atoms with Crippen molar-refractivity contribution in [3.05, 3.63) is 65.7 Å². The lowest BCUT2D eigenvalue weighted by atomic mass is 9.99. The molecule has 2 aromatic rings. The van der Waals surface area contributed by atoms with E-state index in [-0.39, 0.29) is 66.0 Å². The molecular weight excluding hydrogens is 1160 g/mol. The van der Waals surface area contributed by atoms with Crippen LogP contribution in [0.25, 0.3) is 0 Å². The van der Waals surface area contributed by atoms with Gasteiger partial charge in [-0.1, -0.05) is 135 Å². The highest BCUT2D eigenvalue weighted by atomic mass is 32.2. The first-order valence-electron chi connectivity index (χ1n) is 28.4. The number of thioether (sulfide) groups is 2. The maximum absolute atomic E-state index is 14.8. The minimum absolute atomic E-state index is 0.00723. The fourth-order valence-corrected chi connectivity index (χ4v) is 12.1. The lowest BCUT2D eigenvalue weighted by Gasteiger charge is -2.31. The number of likely N-dealkylation sites (tertiary alicyclic amines) is 2. The van der Waals surface area contributed by atoms with E-state index in [0.29, 0.717) is 43.4 Å². The van der Waals surface area contributed by atoms with E-state index in [9.17, 15) is 57.3 Å². The summed E-state index contributed by atoms with van der Waals surface area (Å²) in [5.74, 6) is -7.80. The highest BCUT2D eigenvalue weighted by Crippen LogP contribution is 2.50. The molecule has 9 N–H and O–H groups in total. The fourth-order valence-electron chi connectivity index (χ4n) is 9.10. The quantitative estimate of drug-likeness (QED) is 0.0433. The Labute approximate surface area is 506 Å². The maximum Gasteiger partial charge on any atom is 0.530 e. The van der Waals surface area contributed by atoms with E-state index in [1.807, 2.05) is 0 Å². The van der Waals surface area contributed by atoms with Crippen LogP contribution in [0.1, 0.15) is 119 Å². The number of hydrogen-bond acceptors (Lipinski definition) is 17. The van der Waals surface area contributed by atoms with Crippen molar-refractivity contribution >= 4 is 94.7 Å². The van der Waals surface area contributed by atoms with Crippen LogP contribution in [0.4, 0.5) is 0 Å². The lowest BCUT2D eigenvalue weighted by Crippen LogP contribution is -2.62. The molecule has 2 aliphatic heterocycles. The minimum Gasteiger partial charge on any atom is -0.404 e. The summed E-state index contributed by atoms with van der Waals surface area (Å²) in [5, 5.41) is 13.1. The second kappa shape index (κ2) is 32.4. The number of rotatable bonds is 30. The molecule has 27 heteroatoms. The zero-order valence-corrected chi connectivity index (χ0v) is 53.0. The molecule has 2 heterocycles. The first-order valence-corrected chi connectivity index (χ1v) is 31.9. The Morgan fingerprint density at radius 1 is 0.600 bits per heavy atom. The third-order valence-corrected chi connectivity index (χ3v) is 17.7. The molecule has 4 rings (SSSR count). The largest absolute Gasteiger partial charge is 0.530 e. The SMILES string of the molecule is CC(=O)N1CCC[C@H]1C(=O)N[C@@H](Cc1ccccc1)C(=O)N[C@@H](Cc1ccc(OP(=O)(OCCSC(=O)C(C)(C)C)OCCSC(=O)C(C)(C)C)cc1)C(=O)N[C@H](C(=O)N[C@@H](CC(N)=O)C(=O)N[C@H](C(=O)N1CCCC1C(N)=O)C(C)C)C(C)C. The average molecular weight is 1240 g/mol. The predicted octanol–water partition coefficient (Wildman–Crippen LogP) is 3.70. The number of nitrogens with zero attached hydrogens (tertiary/aromatic N) is 2. The summed E-state index contributed by atoms with van der Waals surface area (Å²) >= 11 is 1.98. The number of hydrogen-bond donors (Lipinski definition) is 7. The van der Waals surface area contributed by atoms with E-state index in [0.717, 1.165) is 23.5 Å². The van der Waals surface area contributed by atoms with Gasteiger partial charge in [-0.25, -0.2) is 4.57 Å². The van der Waals surface area contributed by atoms with Gasteiger partial charge in [-0.05, 0) is 60.8 Å². The molecule has 1 unspecified atom stereocenters. The van der Waals surface area contributed by atoms with Crippen LogP contribution in [0.15, 0.2) is 54.6 Å². The molecular formula is C58H86N9O15PS2. The van der Waals surface area contributed by atoms with Gasteiger partial charge in [0.2, 0.25) is 53.2 Å². The minimum atomic E-state index is -4.42. The number of phosphoric ester groups is 1. The molecule has 0 bridgehead atoms. The standard InChI is InChI=1S/C58H86N9O15PS2/c1-34(2)46(53(75)63-42(33-45(59)69)51(73)65-47(35(3)4)54(76)67-26-15-19-43(67)48(60)70)64-50(72)41(61-49(71)40(31-37-17-13-12-14-18-37)62-52(74)44-20-16-25-66(44)36(5)68)32-38-21-23-39(24-22-38)82-83(79,80-27-29-84-55(77)57(6,7)8)81-28-30-85-56(78)58(9,10)11/h12-14,17-18,21-24,34-35,40-44,46-47H,15-16,19-20,25-33H2,1-11H3,(H2,59,69)(H2,60,70)(H,61,71)(H,62,74)(H,63,75)(H,64,72)(H,65,73)/t40-,41-,42-,43?,44-,46-,47-/m0/s1. The maximum atomic E-state index is 14.8. The molecule has 0 radical (unpaired) electrons. The molecule has 470 valence electrons. The molecule has 85 heavy (non-hydrogen) atoms. The third-order valence-electron chi connectivity index (χ3n) is 13.8. The summed E-state index contributed by atoms with van der Waals surface area (Å²) in [7, 11) is -4.42. The molecule has 24 nitrogen and oxygen atoms in total. The number of benzene rings is 2. The molecule has 2 aliphatic rings. The van der Waals surface area contributed by atoms with Gasteiger partial charge in [0.1, 0.15) is 48.0 Å². The summed E-state index contributed by atoms with van der Waals surface area (Å²) in [6.45, 7) is 18.6. The molecule has 0 spiro atoms. The third kappa shape index (κ3) is 22.5. The summed E-state index contributed by atoms with van der Waals surface area (Å²) in [4.78, 5) is 151. The Bertz CT molecular complexity index is 2720. The lowest BCUT2D eigenvalue weighted by molar-refractivity contribution is -0.142. The Hall–Kier alpha value is -6.34. The van der Waals surface area contributed by atoms with Gasteiger partial charge in [-0.15, -0.1) is 0 Å². The average Bonchev–Trinajstić information content (AvgIpc) is 4.11. The van der Waals surface area contributed by atoms with E-state index in [2.05, 4.69) is 26.6 Å². The number of carbonyl (C=O) groups excluding carboxylic acids is 11. The van der Waals surface area contributed by atoms with Gasteiger partial charge in [0.25, 0.3) is 0 Å². The number of amides is 9. The van der Waals surface area contributed by atoms with Gasteiger partial charge in [0.15, 0.2) is 10.2 Å². The monoisotopic (exact) mass is 1240 g/mol. The number of nitrogens with one attached hydrogen (secondary N) is 5. The Morgan fingerprint density at radius 2 is 1.06 bits per heavy atom. The van der Waals surface area contributed by atoms with Crippen molar-refractivity contribution in [2.75, 3.05) is 37.8 Å². The first kappa shape index (κ1) is 71.1. The van der Waals surface area contributed by atoms with Gasteiger partial charge < -0.3 is 52.4 Å². The zero-order chi connectivity index (χ0) is 63.6. The second-order valence-corrected chi connectivity index (χ2v) is 27.5. The van der Waals surface area contributed by atoms with Crippen LogP contribution in [0.5, 0.6) is 5.75 Å². The van der Waals surface area contributed by atoms with Crippen molar-refractivity contribution in [2.24, 2.45) is 34.1 Å². The van der Waals surface area contributed by atoms with E-state index in [1.165, 1.54) is 41.0 Å². The molecule has 7 atom stereocenters. The van der Waals surface area contributed by atoms with Crippen molar-refractivity contribution in [3.63, 3.8) is 0 Å². The van der Waals surface area contributed by atoms with Crippen LogP contribution in [-0.2, 0) is 79.2 Å². The first-order chi connectivity index (χ1) is 39.7. The summed E-state index contributed by atoms with van der Waals surface area (Å²) < 4.78 is 31.4. The molecule has 0 aromatic heterocycles. The number of phosphoric acid groups is 1. The molecule has 2 aromatic carbocycles. The van der Waals surface area contributed by atoms with Crippen LogP contribution in [-0.4, -0.2) is 153 Å². The summed E-state index contributed by atoms with van der Waals surface area (Å²) in [5.41, 5.74) is 10.9. The van der Waals surface area contributed by atoms with Crippen molar-refractivity contribution in [3.8, 4) is 5.75 Å². The van der Waals surface area contributed by atoms with E-state index >= 15 is 0 Å². The van der Waals surface area contributed by atoms with Crippen LogP contribution < -0.4 is 42.6 Å². The van der Waals surface area contributed by atoms with Crippen molar-refractivity contribution in [1.29, 1.82) is 0 Å². The Balaban J connectivity index is 1.67. The van der Waals surface area contributed by atoms with Gasteiger partial charge in [0.05, 0.1) is 19.6 Å². The summed E-state index contributed by atoms with van der Waals surface area (Å²) in [6, 6.07) is 5.74. The van der Waals surface area contributed by atoms with E-state index in [1.54, 1.807) is 99.6 Å². The smallest absolute Gasteiger partial charge is 0.404 e. The fraction of sp³-hybridized carbons (Fsp3) is 0.603. The molecule has 9 amide bonds. The van der Waals surface area contributed by atoms with Crippen LogP contribution in [0.3, 0.4) is 0 Å². The van der Waals surface area contributed by atoms with Gasteiger partial charge in [0, 0.05) is 55.2 Å². The van der Waals surface area contributed by atoms with Crippen LogP contribution in [0.2, 0.25) is 0 Å². The van der Waals surface area contributed by atoms with Crippen LogP contribution in [0, 0.1) is 22.7 Å².